The van der Waals surface area contributed by atoms with E-state index in [1.54, 1.807) is 48.5 Å². The van der Waals surface area contributed by atoms with Crippen LogP contribution in [0.5, 0.6) is 0 Å². The summed E-state index contributed by atoms with van der Waals surface area (Å²) in [5, 5.41) is 2.90. The topological polar surface area (TPSA) is 83.6 Å². The van der Waals surface area contributed by atoms with E-state index in [9.17, 15) is 19.2 Å². The van der Waals surface area contributed by atoms with E-state index < -0.39 is 11.8 Å². The van der Waals surface area contributed by atoms with Gasteiger partial charge in [0.2, 0.25) is 0 Å². The molecule has 1 N–H and O–H groups in total. The molecule has 2 aromatic carbocycles. The monoisotopic (exact) mass is 348 g/mol. The number of hydrogen-bond acceptors (Lipinski definition) is 5. The molecule has 1 aliphatic heterocycles. The molecule has 0 aromatic heterocycles. The quantitative estimate of drug-likeness (QED) is 0.663. The van der Waals surface area contributed by atoms with E-state index >= 15 is 0 Å². The maximum Gasteiger partial charge on any atom is 0.281 e. The molecule has 2 aromatic rings. The minimum absolute atomic E-state index is 0.0527. The van der Waals surface area contributed by atoms with Gasteiger partial charge in [-0.05, 0) is 62.4 Å². The fourth-order valence-corrected chi connectivity index (χ4v) is 2.59. The molecule has 0 atom stereocenters. The predicted molar refractivity (Wildman–Crippen MR) is 97.1 cm³/mol. The second-order valence-electron chi connectivity index (χ2n) is 5.90. The van der Waals surface area contributed by atoms with Gasteiger partial charge in [-0.25, -0.2) is 4.90 Å². The van der Waals surface area contributed by atoms with Crippen LogP contribution in [0.25, 0.3) is 0 Å². The van der Waals surface area contributed by atoms with Crippen molar-refractivity contribution < 1.29 is 19.2 Å². The molecule has 6 nitrogen and oxygen atoms in total. The first-order valence-corrected chi connectivity index (χ1v) is 7.96. The Morgan fingerprint density at radius 3 is 1.81 bits per heavy atom. The number of anilines is 2. The number of imide groups is 1. The number of benzene rings is 2. The first-order valence-electron chi connectivity index (χ1n) is 7.96. The lowest BCUT2D eigenvalue weighted by Crippen LogP contribution is -2.31. The molecule has 1 heterocycles. The Labute approximate surface area is 150 Å². The third-order valence-corrected chi connectivity index (χ3v) is 4.02. The molecule has 0 saturated heterocycles. The summed E-state index contributed by atoms with van der Waals surface area (Å²) in [5.74, 6) is -1.09. The van der Waals surface area contributed by atoms with Crippen LogP contribution in [0.2, 0.25) is 0 Å². The number of carbonyl (C=O) groups excluding carboxylic acids is 4. The van der Waals surface area contributed by atoms with E-state index in [1.165, 1.54) is 19.9 Å². The van der Waals surface area contributed by atoms with Crippen molar-refractivity contribution in [2.75, 3.05) is 10.2 Å². The molecule has 26 heavy (non-hydrogen) atoms. The standard InChI is InChI=1S/C20H16N2O4/c1-12(23)14-3-7-16(8-4-14)21-18-11-19(25)22(20(18)26)17-9-5-15(6-10-17)13(2)24/h3-11,21H,1-2H3. The van der Waals surface area contributed by atoms with Crippen LogP contribution in [0.3, 0.4) is 0 Å². The second-order valence-corrected chi connectivity index (χ2v) is 5.90. The molecule has 0 spiro atoms. The zero-order chi connectivity index (χ0) is 18.8. The largest absolute Gasteiger partial charge is 0.351 e. The Morgan fingerprint density at radius 1 is 0.808 bits per heavy atom. The number of Topliss-reactive ketones (excluding diaryl/α,β-unsaturated/α-hetero) is 2. The van der Waals surface area contributed by atoms with E-state index in [1.807, 2.05) is 0 Å². The van der Waals surface area contributed by atoms with Crippen molar-refractivity contribution in [3.63, 3.8) is 0 Å². The third kappa shape index (κ3) is 3.30. The Kier molecular flexibility index (Phi) is 4.49. The van der Waals surface area contributed by atoms with Gasteiger partial charge < -0.3 is 5.32 Å². The highest BCUT2D eigenvalue weighted by Crippen LogP contribution is 2.24. The van der Waals surface area contributed by atoms with Crippen LogP contribution < -0.4 is 10.2 Å². The molecule has 130 valence electrons. The molecule has 2 amide bonds. The van der Waals surface area contributed by atoms with Gasteiger partial charge in [-0.3, -0.25) is 19.2 Å². The molecule has 6 heteroatoms. The van der Waals surface area contributed by atoms with E-state index in [-0.39, 0.29) is 17.3 Å². The van der Waals surface area contributed by atoms with E-state index in [0.717, 1.165) is 4.90 Å². The highest BCUT2D eigenvalue weighted by molar-refractivity contribution is 6.31. The smallest absolute Gasteiger partial charge is 0.281 e. The van der Waals surface area contributed by atoms with Gasteiger partial charge in [0.25, 0.3) is 11.8 Å². The number of nitrogens with zero attached hydrogens (tertiary/aromatic N) is 1. The van der Waals surface area contributed by atoms with Crippen LogP contribution >= 0.6 is 0 Å². The van der Waals surface area contributed by atoms with Gasteiger partial charge in [-0.1, -0.05) is 0 Å². The van der Waals surface area contributed by atoms with Crippen molar-refractivity contribution in [3.8, 4) is 0 Å². The Balaban J connectivity index is 1.78. The van der Waals surface area contributed by atoms with Crippen LogP contribution in [-0.4, -0.2) is 23.4 Å². The summed E-state index contributed by atoms with van der Waals surface area (Å²) in [6, 6.07) is 12.9. The number of carbonyl (C=O) groups is 4. The highest BCUT2D eigenvalue weighted by Gasteiger charge is 2.32. The van der Waals surface area contributed by atoms with E-state index in [0.29, 0.717) is 22.5 Å². The molecular formula is C20H16N2O4. The molecular weight excluding hydrogens is 332 g/mol. The number of amides is 2. The molecule has 0 bridgehead atoms. The van der Waals surface area contributed by atoms with E-state index in [2.05, 4.69) is 5.32 Å². The van der Waals surface area contributed by atoms with Crippen LogP contribution in [-0.2, 0) is 9.59 Å². The molecule has 0 fully saturated rings. The van der Waals surface area contributed by atoms with Crippen LogP contribution in [0.4, 0.5) is 11.4 Å². The van der Waals surface area contributed by atoms with Gasteiger partial charge in [0, 0.05) is 22.9 Å². The molecule has 0 aliphatic carbocycles. The van der Waals surface area contributed by atoms with Gasteiger partial charge in [0.15, 0.2) is 11.6 Å². The summed E-state index contributed by atoms with van der Waals surface area (Å²) >= 11 is 0. The lowest BCUT2D eigenvalue weighted by Gasteiger charge is -2.15. The van der Waals surface area contributed by atoms with Crippen molar-refractivity contribution in [2.24, 2.45) is 0 Å². The van der Waals surface area contributed by atoms with Gasteiger partial charge in [-0.2, -0.15) is 0 Å². The van der Waals surface area contributed by atoms with Crippen molar-refractivity contribution in [1.29, 1.82) is 0 Å². The fraction of sp³-hybridized carbons (Fsp3) is 0.100. The minimum Gasteiger partial charge on any atom is -0.351 e. The summed E-state index contributed by atoms with van der Waals surface area (Å²) in [7, 11) is 0. The third-order valence-electron chi connectivity index (χ3n) is 4.02. The summed E-state index contributed by atoms with van der Waals surface area (Å²) in [4.78, 5) is 48.5. The van der Waals surface area contributed by atoms with Gasteiger partial charge in [-0.15, -0.1) is 0 Å². The summed E-state index contributed by atoms with van der Waals surface area (Å²) in [6.45, 7) is 2.92. The molecule has 0 saturated carbocycles. The first-order chi connectivity index (χ1) is 12.4. The van der Waals surface area contributed by atoms with Crippen LogP contribution in [0, 0.1) is 0 Å². The van der Waals surface area contributed by atoms with Crippen LogP contribution in [0.15, 0.2) is 60.3 Å². The van der Waals surface area contributed by atoms with Gasteiger partial charge in [0.05, 0.1) is 5.69 Å². The zero-order valence-corrected chi connectivity index (χ0v) is 14.3. The molecule has 3 rings (SSSR count). The van der Waals surface area contributed by atoms with Crippen molar-refractivity contribution >= 4 is 34.8 Å². The summed E-state index contributed by atoms with van der Waals surface area (Å²) < 4.78 is 0. The minimum atomic E-state index is -0.485. The number of ketones is 2. The lowest BCUT2D eigenvalue weighted by molar-refractivity contribution is -0.120. The number of nitrogens with one attached hydrogen (secondary N) is 1. The average Bonchev–Trinajstić information content (AvgIpc) is 2.89. The zero-order valence-electron chi connectivity index (χ0n) is 14.3. The van der Waals surface area contributed by atoms with Crippen molar-refractivity contribution in [3.05, 3.63) is 71.4 Å². The lowest BCUT2D eigenvalue weighted by atomic mass is 10.1. The summed E-state index contributed by atoms with van der Waals surface area (Å²) in [6.07, 6.45) is 1.22. The van der Waals surface area contributed by atoms with Crippen molar-refractivity contribution in [2.45, 2.75) is 13.8 Å². The van der Waals surface area contributed by atoms with Crippen molar-refractivity contribution in [1.82, 2.24) is 0 Å². The normalized spacial score (nSPS) is 13.6. The van der Waals surface area contributed by atoms with E-state index in [4.69, 9.17) is 0 Å². The molecule has 0 unspecified atom stereocenters. The first kappa shape index (κ1) is 17.3. The van der Waals surface area contributed by atoms with Gasteiger partial charge in [0.1, 0.15) is 5.70 Å². The SMILES string of the molecule is CC(=O)c1ccc(NC2=CC(=O)N(c3ccc(C(C)=O)cc3)C2=O)cc1. The van der Waals surface area contributed by atoms with Gasteiger partial charge >= 0.3 is 0 Å². The Bertz CT molecular complexity index is 941. The Hall–Kier alpha value is -3.54. The molecule has 1 aliphatic rings. The maximum absolute atomic E-state index is 12.6. The summed E-state index contributed by atoms with van der Waals surface area (Å²) in [5.41, 5.74) is 2.19. The predicted octanol–water partition coefficient (Wildman–Crippen LogP) is 2.96. The van der Waals surface area contributed by atoms with Crippen LogP contribution in [0.1, 0.15) is 34.6 Å². The second kappa shape index (κ2) is 6.76. The molecule has 0 radical (unpaired) electrons. The average molecular weight is 348 g/mol. The number of hydrogen-bond donors (Lipinski definition) is 1. The fourth-order valence-electron chi connectivity index (χ4n) is 2.59. The Morgan fingerprint density at radius 2 is 1.31 bits per heavy atom. The number of rotatable bonds is 5. The highest BCUT2D eigenvalue weighted by atomic mass is 16.2. The maximum atomic E-state index is 12.6.